The summed E-state index contributed by atoms with van der Waals surface area (Å²) in [5.74, 6) is 0.658. The Balaban J connectivity index is 1.76. The van der Waals surface area contributed by atoms with Gasteiger partial charge in [-0.2, -0.15) is 0 Å². The quantitative estimate of drug-likeness (QED) is 0.501. The first-order valence-corrected chi connectivity index (χ1v) is 11.5. The Kier molecular flexibility index (Phi) is 8.77. The highest BCUT2D eigenvalue weighted by molar-refractivity contribution is 5.70. The number of nitrogens with zero attached hydrogens (tertiary/aromatic N) is 1. The van der Waals surface area contributed by atoms with Gasteiger partial charge in [0.1, 0.15) is 6.61 Å². The van der Waals surface area contributed by atoms with Crippen molar-refractivity contribution in [2.45, 2.75) is 58.6 Å². The summed E-state index contributed by atoms with van der Waals surface area (Å²) in [6, 6.07) is 16.7. The highest BCUT2D eigenvalue weighted by Crippen LogP contribution is 2.36. The molecule has 0 aromatic heterocycles. The largest absolute Gasteiger partial charge is 0.490 e. The number of unbranched alkanes of at least 4 members (excludes halogenated alkanes) is 1. The number of hydrogen-bond donors (Lipinski definition) is 1. The minimum absolute atomic E-state index is 0.212. The summed E-state index contributed by atoms with van der Waals surface area (Å²) in [7, 11) is 0. The highest BCUT2D eigenvalue weighted by Gasteiger charge is 2.29. The van der Waals surface area contributed by atoms with Gasteiger partial charge >= 0.3 is 5.97 Å². The molecule has 0 bridgehead atoms. The molecule has 168 valence electrons. The average Bonchev–Trinajstić information content (AvgIpc) is 2.80. The third-order valence-corrected chi connectivity index (χ3v) is 6.04. The van der Waals surface area contributed by atoms with Crippen molar-refractivity contribution in [3.05, 3.63) is 59.7 Å². The van der Waals surface area contributed by atoms with Gasteiger partial charge in [0, 0.05) is 6.04 Å². The Morgan fingerprint density at radius 1 is 1.06 bits per heavy atom. The van der Waals surface area contributed by atoms with E-state index in [1.807, 2.05) is 31.2 Å². The number of carbonyl (C=O) groups is 1. The Bertz CT molecular complexity index is 815. The maximum Gasteiger partial charge on any atom is 0.306 e. The summed E-state index contributed by atoms with van der Waals surface area (Å²) in [5, 5.41) is 9.33. The number of ether oxygens (including phenoxy) is 2. The van der Waals surface area contributed by atoms with Crippen LogP contribution >= 0.6 is 0 Å². The predicted octanol–water partition coefficient (Wildman–Crippen LogP) is 5.69. The van der Waals surface area contributed by atoms with Crippen molar-refractivity contribution in [3.63, 3.8) is 0 Å². The third kappa shape index (κ3) is 6.47. The monoisotopic (exact) mass is 425 g/mol. The number of likely N-dealkylation sites (tertiary alicyclic amines) is 1. The second kappa shape index (κ2) is 11.8. The SMILES string of the molecule is CCCCC(c1ccc(OCc2ccccc2)c(OCC)c1)N1CCC(C(=O)O)CC1. The summed E-state index contributed by atoms with van der Waals surface area (Å²) < 4.78 is 12.0. The molecule has 0 aliphatic carbocycles. The maximum atomic E-state index is 11.3. The van der Waals surface area contributed by atoms with Crippen LogP contribution in [0.3, 0.4) is 0 Å². The first kappa shape index (κ1) is 23.1. The molecule has 0 amide bonds. The van der Waals surface area contributed by atoms with Crippen LogP contribution < -0.4 is 9.47 Å². The van der Waals surface area contributed by atoms with Crippen LogP contribution in [0.5, 0.6) is 11.5 Å². The number of rotatable bonds is 11. The van der Waals surface area contributed by atoms with Crippen molar-refractivity contribution in [2.75, 3.05) is 19.7 Å². The van der Waals surface area contributed by atoms with E-state index in [1.165, 1.54) is 5.56 Å². The van der Waals surface area contributed by atoms with Crippen molar-refractivity contribution < 1.29 is 19.4 Å². The van der Waals surface area contributed by atoms with Crippen LogP contribution in [0.4, 0.5) is 0 Å². The lowest BCUT2D eigenvalue weighted by atomic mass is 9.92. The Hall–Kier alpha value is -2.53. The Morgan fingerprint density at radius 3 is 2.45 bits per heavy atom. The average molecular weight is 426 g/mol. The normalized spacial score (nSPS) is 16.1. The molecule has 1 saturated heterocycles. The number of piperidine rings is 1. The van der Waals surface area contributed by atoms with Crippen molar-refractivity contribution in [2.24, 2.45) is 5.92 Å². The third-order valence-electron chi connectivity index (χ3n) is 6.04. The molecule has 5 nitrogen and oxygen atoms in total. The van der Waals surface area contributed by atoms with E-state index in [0.717, 1.165) is 49.4 Å². The zero-order valence-electron chi connectivity index (χ0n) is 18.8. The van der Waals surface area contributed by atoms with E-state index in [4.69, 9.17) is 9.47 Å². The lowest BCUT2D eigenvalue weighted by Gasteiger charge is -2.37. The van der Waals surface area contributed by atoms with Gasteiger partial charge in [0.05, 0.1) is 12.5 Å². The minimum atomic E-state index is -0.664. The van der Waals surface area contributed by atoms with Crippen molar-refractivity contribution >= 4 is 5.97 Å². The molecule has 0 saturated carbocycles. The molecule has 1 N–H and O–H groups in total. The van der Waals surface area contributed by atoms with Crippen molar-refractivity contribution in [1.82, 2.24) is 4.90 Å². The van der Waals surface area contributed by atoms with Crippen LogP contribution in [0.25, 0.3) is 0 Å². The Morgan fingerprint density at radius 2 is 1.81 bits per heavy atom. The fourth-order valence-corrected chi connectivity index (χ4v) is 4.27. The van der Waals surface area contributed by atoms with Crippen LogP contribution in [0.2, 0.25) is 0 Å². The zero-order valence-corrected chi connectivity index (χ0v) is 18.8. The molecule has 1 unspecified atom stereocenters. The second-order valence-electron chi connectivity index (χ2n) is 8.22. The van der Waals surface area contributed by atoms with Crippen LogP contribution in [-0.4, -0.2) is 35.7 Å². The molecule has 1 heterocycles. The predicted molar refractivity (Wildman–Crippen MR) is 123 cm³/mol. The van der Waals surface area contributed by atoms with E-state index in [-0.39, 0.29) is 12.0 Å². The number of hydrogen-bond acceptors (Lipinski definition) is 4. The van der Waals surface area contributed by atoms with Crippen molar-refractivity contribution in [3.8, 4) is 11.5 Å². The van der Waals surface area contributed by atoms with E-state index in [1.54, 1.807) is 0 Å². The summed E-state index contributed by atoms with van der Waals surface area (Å²) in [4.78, 5) is 13.8. The summed E-state index contributed by atoms with van der Waals surface area (Å²) in [5.41, 5.74) is 2.34. The van der Waals surface area contributed by atoms with Crippen LogP contribution in [0.15, 0.2) is 48.5 Å². The number of benzene rings is 2. The molecule has 0 radical (unpaired) electrons. The number of carboxylic acid groups (broad SMARTS) is 1. The fraction of sp³-hybridized carbons (Fsp3) is 0.500. The molecule has 1 aliphatic heterocycles. The van der Waals surface area contributed by atoms with E-state index >= 15 is 0 Å². The van der Waals surface area contributed by atoms with Crippen LogP contribution in [-0.2, 0) is 11.4 Å². The van der Waals surface area contributed by atoms with Gasteiger partial charge in [-0.25, -0.2) is 0 Å². The second-order valence-corrected chi connectivity index (χ2v) is 8.22. The summed E-state index contributed by atoms with van der Waals surface area (Å²) >= 11 is 0. The van der Waals surface area contributed by atoms with Gasteiger partial charge < -0.3 is 14.6 Å². The lowest BCUT2D eigenvalue weighted by molar-refractivity contribution is -0.143. The van der Waals surface area contributed by atoms with E-state index in [0.29, 0.717) is 26.1 Å². The van der Waals surface area contributed by atoms with Gasteiger partial charge in [-0.05, 0) is 62.5 Å². The fourth-order valence-electron chi connectivity index (χ4n) is 4.27. The number of aliphatic carboxylic acids is 1. The molecule has 2 aromatic carbocycles. The highest BCUT2D eigenvalue weighted by atomic mass is 16.5. The van der Waals surface area contributed by atoms with Gasteiger partial charge in [-0.15, -0.1) is 0 Å². The van der Waals surface area contributed by atoms with Crippen molar-refractivity contribution in [1.29, 1.82) is 0 Å². The van der Waals surface area contributed by atoms with Gasteiger partial charge in [0.2, 0.25) is 0 Å². The van der Waals surface area contributed by atoms with Gasteiger partial charge in [0.15, 0.2) is 11.5 Å². The van der Waals surface area contributed by atoms with Gasteiger partial charge in [0.25, 0.3) is 0 Å². The standard InChI is InChI=1S/C26H35NO4/c1-3-5-11-23(27-16-14-21(15-17-27)26(28)29)22-12-13-24(25(18-22)30-4-2)31-19-20-9-7-6-8-10-20/h6-10,12-13,18,21,23H,3-5,11,14-17,19H2,1-2H3,(H,28,29). The molecule has 1 aliphatic rings. The molecule has 31 heavy (non-hydrogen) atoms. The Labute approximate surface area is 186 Å². The van der Waals surface area contributed by atoms with Crippen LogP contribution in [0, 0.1) is 5.92 Å². The molecule has 0 spiro atoms. The molecule has 1 fully saturated rings. The van der Waals surface area contributed by atoms with E-state index in [9.17, 15) is 9.90 Å². The lowest BCUT2D eigenvalue weighted by Crippen LogP contribution is -2.38. The zero-order chi connectivity index (χ0) is 22.1. The first-order valence-electron chi connectivity index (χ1n) is 11.5. The van der Waals surface area contributed by atoms with Gasteiger partial charge in [-0.3, -0.25) is 9.69 Å². The van der Waals surface area contributed by atoms with E-state index in [2.05, 4.69) is 36.1 Å². The summed E-state index contributed by atoms with van der Waals surface area (Å²) in [6.07, 6.45) is 4.77. The maximum absolute atomic E-state index is 11.3. The molecule has 3 rings (SSSR count). The molecular weight excluding hydrogens is 390 g/mol. The van der Waals surface area contributed by atoms with E-state index < -0.39 is 5.97 Å². The van der Waals surface area contributed by atoms with Gasteiger partial charge in [-0.1, -0.05) is 56.2 Å². The smallest absolute Gasteiger partial charge is 0.306 e. The topological polar surface area (TPSA) is 59.0 Å². The summed E-state index contributed by atoms with van der Waals surface area (Å²) in [6.45, 7) is 6.92. The number of carboxylic acids is 1. The minimum Gasteiger partial charge on any atom is -0.490 e. The molecule has 2 aromatic rings. The molecular formula is C26H35NO4. The molecule has 1 atom stereocenters. The van der Waals surface area contributed by atoms with Crippen LogP contribution in [0.1, 0.15) is 63.1 Å². The molecule has 5 heteroatoms. The first-order chi connectivity index (χ1) is 15.1.